The van der Waals surface area contributed by atoms with E-state index in [0.29, 0.717) is 0 Å². The van der Waals surface area contributed by atoms with Gasteiger partial charge in [-0.05, 0) is 45.6 Å². The summed E-state index contributed by atoms with van der Waals surface area (Å²) in [4.78, 5) is 2.83. The summed E-state index contributed by atoms with van der Waals surface area (Å²) >= 11 is 0. The van der Waals surface area contributed by atoms with Crippen LogP contribution in [0.2, 0.25) is 0 Å². The van der Waals surface area contributed by atoms with E-state index >= 15 is 0 Å². The zero-order chi connectivity index (χ0) is 17.6. The highest BCUT2D eigenvalue weighted by atomic mass is 15.2. The third-order valence-electron chi connectivity index (χ3n) is 5.92. The van der Waals surface area contributed by atoms with Gasteiger partial charge < -0.3 is 0 Å². The Morgan fingerprint density at radius 2 is 1.21 bits per heavy atom. The average Bonchev–Trinajstić information content (AvgIpc) is 3.32. The van der Waals surface area contributed by atoms with Crippen molar-refractivity contribution < 1.29 is 0 Å². The van der Waals surface area contributed by atoms with Gasteiger partial charge >= 0.3 is 0 Å². The van der Waals surface area contributed by atoms with Crippen LogP contribution in [0.25, 0.3) is 0 Å². The second-order valence-corrected chi connectivity index (χ2v) is 8.57. The highest BCUT2D eigenvalue weighted by molar-refractivity contribution is 4.95. The fraction of sp³-hybridized carbons (Fsp3) is 1.00. The quantitative estimate of drug-likeness (QED) is 0.247. The zero-order valence-corrected chi connectivity index (χ0v) is 17.5. The molecule has 1 fully saturated rings. The number of unbranched alkanes of at least 4 members (excludes halogenated alkanes) is 11. The highest BCUT2D eigenvalue weighted by Crippen LogP contribution is 2.40. The van der Waals surface area contributed by atoms with Crippen LogP contribution in [-0.4, -0.2) is 23.5 Å². The van der Waals surface area contributed by atoms with Crippen molar-refractivity contribution in [2.45, 2.75) is 136 Å². The lowest BCUT2D eigenvalue weighted by Crippen LogP contribution is -2.35. The van der Waals surface area contributed by atoms with Crippen molar-refractivity contribution >= 4 is 0 Å². The molecule has 1 aliphatic carbocycles. The van der Waals surface area contributed by atoms with Gasteiger partial charge in [0.05, 0.1) is 0 Å². The predicted molar refractivity (Wildman–Crippen MR) is 110 cm³/mol. The maximum Gasteiger partial charge on any atom is 0.0130 e. The van der Waals surface area contributed by atoms with Gasteiger partial charge in [-0.1, -0.05) is 90.9 Å². The zero-order valence-electron chi connectivity index (χ0n) is 17.5. The normalized spacial score (nSPS) is 20.2. The van der Waals surface area contributed by atoms with Crippen molar-refractivity contribution in [3.63, 3.8) is 0 Å². The standard InChI is InChI=1S/C23H47N/c1-5-7-9-11-12-13-15-17-19-24(21(3)4)23-20-22(23)18-16-14-10-8-6-2/h21-23H,5-20H2,1-4H3. The van der Waals surface area contributed by atoms with Gasteiger partial charge in [-0.25, -0.2) is 0 Å². The Labute approximate surface area is 154 Å². The first-order chi connectivity index (χ1) is 11.7. The van der Waals surface area contributed by atoms with Crippen LogP contribution in [0.3, 0.4) is 0 Å². The second kappa shape index (κ2) is 14.2. The van der Waals surface area contributed by atoms with E-state index in [-0.39, 0.29) is 0 Å². The minimum atomic E-state index is 0.740. The summed E-state index contributed by atoms with van der Waals surface area (Å²) in [6, 6.07) is 1.67. The van der Waals surface area contributed by atoms with E-state index in [0.717, 1.165) is 18.0 Å². The highest BCUT2D eigenvalue weighted by Gasteiger charge is 2.41. The summed E-state index contributed by atoms with van der Waals surface area (Å²) in [6.07, 6.45) is 21.7. The summed E-state index contributed by atoms with van der Waals surface area (Å²) in [7, 11) is 0. The Bertz CT molecular complexity index is 273. The maximum atomic E-state index is 2.83. The van der Waals surface area contributed by atoms with Crippen molar-refractivity contribution in [2.75, 3.05) is 6.54 Å². The molecule has 0 radical (unpaired) electrons. The molecule has 0 aliphatic heterocycles. The van der Waals surface area contributed by atoms with E-state index in [2.05, 4.69) is 32.6 Å². The number of hydrogen-bond acceptors (Lipinski definition) is 1. The molecule has 0 heterocycles. The van der Waals surface area contributed by atoms with Crippen molar-refractivity contribution in [1.82, 2.24) is 4.90 Å². The van der Waals surface area contributed by atoms with Gasteiger partial charge in [0.15, 0.2) is 0 Å². The SMILES string of the molecule is CCCCCCCCCCN(C(C)C)C1CC1CCCCCCC. The molecule has 2 atom stereocenters. The Balaban J connectivity index is 2.04. The summed E-state index contributed by atoms with van der Waals surface area (Å²) in [5.41, 5.74) is 0. The molecule has 0 N–H and O–H groups in total. The van der Waals surface area contributed by atoms with Crippen LogP contribution in [0.1, 0.15) is 124 Å². The first-order valence-electron chi connectivity index (χ1n) is 11.5. The lowest BCUT2D eigenvalue weighted by molar-refractivity contribution is 0.195. The molecule has 1 saturated carbocycles. The van der Waals surface area contributed by atoms with Crippen LogP contribution < -0.4 is 0 Å². The van der Waals surface area contributed by atoms with Crippen LogP contribution in [0.15, 0.2) is 0 Å². The van der Waals surface area contributed by atoms with Crippen LogP contribution in [-0.2, 0) is 0 Å². The summed E-state index contributed by atoms with van der Waals surface area (Å²) in [5, 5.41) is 0. The summed E-state index contributed by atoms with van der Waals surface area (Å²) < 4.78 is 0. The first kappa shape index (κ1) is 22.0. The molecule has 0 saturated heterocycles. The fourth-order valence-electron chi connectivity index (χ4n) is 4.19. The van der Waals surface area contributed by atoms with Gasteiger partial charge in [-0.2, -0.15) is 0 Å². The van der Waals surface area contributed by atoms with Gasteiger partial charge in [0, 0.05) is 12.1 Å². The smallest absolute Gasteiger partial charge is 0.0130 e. The predicted octanol–water partition coefficient (Wildman–Crippen LogP) is 7.59. The Morgan fingerprint density at radius 1 is 0.708 bits per heavy atom. The summed E-state index contributed by atoms with van der Waals surface area (Å²) in [6.45, 7) is 10.8. The number of nitrogens with zero attached hydrogens (tertiary/aromatic N) is 1. The molecule has 24 heavy (non-hydrogen) atoms. The van der Waals surface area contributed by atoms with E-state index in [1.807, 2.05) is 0 Å². The molecule has 0 spiro atoms. The second-order valence-electron chi connectivity index (χ2n) is 8.57. The fourth-order valence-corrected chi connectivity index (χ4v) is 4.19. The minimum Gasteiger partial charge on any atom is -0.298 e. The largest absolute Gasteiger partial charge is 0.298 e. The monoisotopic (exact) mass is 337 g/mol. The molecule has 1 heteroatoms. The van der Waals surface area contributed by atoms with Crippen molar-refractivity contribution in [1.29, 1.82) is 0 Å². The van der Waals surface area contributed by atoms with E-state index in [4.69, 9.17) is 0 Å². The third kappa shape index (κ3) is 10.1. The molecular weight excluding hydrogens is 290 g/mol. The minimum absolute atomic E-state index is 0.740. The molecule has 0 aromatic heterocycles. The Hall–Kier alpha value is -0.0400. The van der Waals surface area contributed by atoms with Crippen molar-refractivity contribution in [3.05, 3.63) is 0 Å². The van der Waals surface area contributed by atoms with Crippen molar-refractivity contribution in [2.24, 2.45) is 5.92 Å². The van der Waals surface area contributed by atoms with Crippen LogP contribution in [0.4, 0.5) is 0 Å². The van der Waals surface area contributed by atoms with E-state index in [1.54, 1.807) is 0 Å². The average molecular weight is 338 g/mol. The molecule has 144 valence electrons. The molecule has 0 aromatic carbocycles. The molecule has 0 amide bonds. The van der Waals surface area contributed by atoms with Gasteiger partial charge in [0.2, 0.25) is 0 Å². The lowest BCUT2D eigenvalue weighted by atomic mass is 10.1. The van der Waals surface area contributed by atoms with Gasteiger partial charge in [-0.15, -0.1) is 0 Å². The maximum absolute atomic E-state index is 2.83. The molecular formula is C23H47N. The molecule has 0 bridgehead atoms. The van der Waals surface area contributed by atoms with Gasteiger partial charge in [0.1, 0.15) is 0 Å². The van der Waals surface area contributed by atoms with E-state index in [1.165, 1.54) is 103 Å². The van der Waals surface area contributed by atoms with E-state index < -0.39 is 0 Å². The molecule has 0 aromatic rings. The van der Waals surface area contributed by atoms with Gasteiger partial charge in [-0.3, -0.25) is 4.90 Å². The van der Waals surface area contributed by atoms with E-state index in [9.17, 15) is 0 Å². The van der Waals surface area contributed by atoms with Crippen LogP contribution in [0.5, 0.6) is 0 Å². The molecule has 1 nitrogen and oxygen atoms in total. The first-order valence-corrected chi connectivity index (χ1v) is 11.5. The summed E-state index contributed by atoms with van der Waals surface area (Å²) in [5.74, 6) is 1.03. The molecule has 2 unspecified atom stereocenters. The number of hydrogen-bond donors (Lipinski definition) is 0. The number of rotatable bonds is 17. The molecule has 1 rings (SSSR count). The van der Waals surface area contributed by atoms with Crippen molar-refractivity contribution in [3.8, 4) is 0 Å². The van der Waals surface area contributed by atoms with Gasteiger partial charge in [0.25, 0.3) is 0 Å². The Kier molecular flexibility index (Phi) is 13.0. The lowest BCUT2D eigenvalue weighted by Gasteiger charge is -2.27. The third-order valence-corrected chi connectivity index (χ3v) is 5.92. The topological polar surface area (TPSA) is 3.24 Å². The van der Waals surface area contributed by atoms with Crippen LogP contribution >= 0.6 is 0 Å². The molecule has 1 aliphatic rings. The van der Waals surface area contributed by atoms with Crippen LogP contribution in [0, 0.1) is 5.92 Å². The Morgan fingerprint density at radius 3 is 1.75 bits per heavy atom.